The highest BCUT2D eigenvalue weighted by atomic mass is 32.2. The van der Waals surface area contributed by atoms with Gasteiger partial charge in [-0.15, -0.1) is 10.2 Å². The lowest BCUT2D eigenvalue weighted by atomic mass is 10.1. The SMILES string of the molecule is Cc1ccccc1-c1nnc(SCC(=O)Nc2ccc(S(N)(=O)=O)cc2)o1. The molecule has 27 heavy (non-hydrogen) atoms. The average molecular weight is 404 g/mol. The molecular weight excluding hydrogens is 388 g/mol. The minimum absolute atomic E-state index is 0.0236. The number of sulfonamides is 1. The van der Waals surface area contributed by atoms with E-state index < -0.39 is 10.0 Å². The molecule has 0 fully saturated rings. The standard InChI is InChI=1S/C17H16N4O4S2/c1-11-4-2-3-5-14(11)16-20-21-17(25-16)26-10-15(22)19-12-6-8-13(9-7-12)27(18,23)24/h2-9H,10H2,1H3,(H,19,22)(H2,18,23,24). The molecule has 0 aliphatic rings. The van der Waals surface area contributed by atoms with Gasteiger partial charge in [0, 0.05) is 11.3 Å². The van der Waals surface area contributed by atoms with E-state index in [0.717, 1.165) is 22.9 Å². The minimum atomic E-state index is -3.76. The monoisotopic (exact) mass is 404 g/mol. The molecule has 2 aromatic carbocycles. The van der Waals surface area contributed by atoms with Gasteiger partial charge in [-0.1, -0.05) is 30.0 Å². The number of hydrogen-bond acceptors (Lipinski definition) is 7. The first-order valence-corrected chi connectivity index (χ1v) is 10.3. The van der Waals surface area contributed by atoms with E-state index in [1.165, 1.54) is 24.3 Å². The summed E-state index contributed by atoms with van der Waals surface area (Å²) >= 11 is 1.11. The molecule has 1 amide bonds. The molecule has 3 N–H and O–H groups in total. The van der Waals surface area contributed by atoms with Gasteiger partial charge in [-0.3, -0.25) is 4.79 Å². The quantitative estimate of drug-likeness (QED) is 0.604. The van der Waals surface area contributed by atoms with Gasteiger partial charge in [0.15, 0.2) is 0 Å². The van der Waals surface area contributed by atoms with Crippen LogP contribution in [0.25, 0.3) is 11.5 Å². The Morgan fingerprint density at radius 1 is 1.15 bits per heavy atom. The second kappa shape index (κ2) is 7.91. The molecule has 140 valence electrons. The van der Waals surface area contributed by atoms with E-state index in [2.05, 4.69) is 15.5 Å². The van der Waals surface area contributed by atoms with Gasteiger partial charge in [0.1, 0.15) is 0 Å². The number of nitrogens with two attached hydrogens (primary N) is 1. The van der Waals surface area contributed by atoms with Gasteiger partial charge in [-0.2, -0.15) is 0 Å². The Labute approximate surface area is 160 Å². The molecule has 0 bridgehead atoms. The summed E-state index contributed by atoms with van der Waals surface area (Å²) < 4.78 is 28.0. The van der Waals surface area contributed by atoms with Crippen molar-refractivity contribution < 1.29 is 17.6 Å². The summed E-state index contributed by atoms with van der Waals surface area (Å²) in [6.45, 7) is 1.95. The van der Waals surface area contributed by atoms with Gasteiger partial charge < -0.3 is 9.73 Å². The first-order valence-electron chi connectivity index (χ1n) is 7.78. The zero-order valence-corrected chi connectivity index (χ0v) is 15.9. The number of nitrogens with one attached hydrogen (secondary N) is 1. The van der Waals surface area contributed by atoms with Crippen LogP contribution in [-0.4, -0.2) is 30.3 Å². The molecule has 0 atom stereocenters. The number of aromatic nitrogens is 2. The zero-order chi connectivity index (χ0) is 19.4. The van der Waals surface area contributed by atoms with Gasteiger partial charge in [0.2, 0.25) is 21.8 Å². The van der Waals surface area contributed by atoms with E-state index in [1.807, 2.05) is 31.2 Å². The Kier molecular flexibility index (Phi) is 5.59. The van der Waals surface area contributed by atoms with Gasteiger partial charge in [0.25, 0.3) is 5.22 Å². The highest BCUT2D eigenvalue weighted by Crippen LogP contribution is 2.25. The predicted octanol–water partition coefficient (Wildman–Crippen LogP) is 2.42. The van der Waals surface area contributed by atoms with Crippen LogP contribution < -0.4 is 10.5 Å². The highest BCUT2D eigenvalue weighted by molar-refractivity contribution is 7.99. The van der Waals surface area contributed by atoms with Crippen molar-refractivity contribution in [3.8, 4) is 11.5 Å². The maximum absolute atomic E-state index is 12.0. The second-order valence-electron chi connectivity index (χ2n) is 5.59. The highest BCUT2D eigenvalue weighted by Gasteiger charge is 2.13. The van der Waals surface area contributed by atoms with Gasteiger partial charge in [0.05, 0.1) is 10.6 Å². The summed E-state index contributed by atoms with van der Waals surface area (Å²) in [4.78, 5) is 12.0. The van der Waals surface area contributed by atoms with Crippen LogP contribution in [0.2, 0.25) is 0 Å². The molecule has 10 heteroatoms. The van der Waals surface area contributed by atoms with Crippen molar-refractivity contribution >= 4 is 33.4 Å². The van der Waals surface area contributed by atoms with Crippen molar-refractivity contribution in [3.05, 3.63) is 54.1 Å². The van der Waals surface area contributed by atoms with E-state index in [4.69, 9.17) is 9.56 Å². The molecule has 1 heterocycles. The maximum Gasteiger partial charge on any atom is 0.277 e. The minimum Gasteiger partial charge on any atom is -0.411 e. The number of amides is 1. The Bertz CT molecular complexity index is 1060. The number of hydrogen-bond donors (Lipinski definition) is 2. The van der Waals surface area contributed by atoms with Crippen molar-refractivity contribution in [2.75, 3.05) is 11.1 Å². The number of anilines is 1. The van der Waals surface area contributed by atoms with Crippen LogP contribution in [0.1, 0.15) is 5.56 Å². The molecule has 0 saturated carbocycles. The lowest BCUT2D eigenvalue weighted by molar-refractivity contribution is -0.113. The fourth-order valence-electron chi connectivity index (χ4n) is 2.24. The number of benzene rings is 2. The molecule has 0 unspecified atom stereocenters. The number of carbonyl (C=O) groups is 1. The van der Waals surface area contributed by atoms with Crippen LogP contribution in [-0.2, 0) is 14.8 Å². The average Bonchev–Trinajstić information content (AvgIpc) is 3.09. The molecular formula is C17H16N4O4S2. The van der Waals surface area contributed by atoms with Crippen molar-refractivity contribution in [2.45, 2.75) is 17.0 Å². The third-order valence-corrected chi connectivity index (χ3v) is 5.32. The fourth-order valence-corrected chi connectivity index (χ4v) is 3.32. The molecule has 3 rings (SSSR count). The molecule has 0 spiro atoms. The van der Waals surface area contributed by atoms with Gasteiger partial charge in [-0.25, -0.2) is 13.6 Å². The summed E-state index contributed by atoms with van der Waals surface area (Å²) in [5.74, 6) is 0.167. The first-order chi connectivity index (χ1) is 12.8. The molecule has 8 nitrogen and oxygen atoms in total. The fraction of sp³-hybridized carbons (Fsp3) is 0.118. The molecule has 0 aliphatic carbocycles. The predicted molar refractivity (Wildman–Crippen MR) is 102 cm³/mol. The Morgan fingerprint density at radius 2 is 1.85 bits per heavy atom. The van der Waals surface area contributed by atoms with Gasteiger partial charge in [-0.05, 0) is 42.8 Å². The normalized spacial score (nSPS) is 11.3. The van der Waals surface area contributed by atoms with Crippen LogP contribution in [0.3, 0.4) is 0 Å². The topological polar surface area (TPSA) is 128 Å². The van der Waals surface area contributed by atoms with E-state index in [9.17, 15) is 13.2 Å². The summed E-state index contributed by atoms with van der Waals surface area (Å²) in [5, 5.41) is 15.9. The molecule has 0 radical (unpaired) electrons. The first kappa shape index (κ1) is 19.1. The lowest BCUT2D eigenvalue weighted by Gasteiger charge is -2.05. The van der Waals surface area contributed by atoms with Crippen molar-refractivity contribution in [3.63, 3.8) is 0 Å². The van der Waals surface area contributed by atoms with Crippen LogP contribution in [0, 0.1) is 6.92 Å². The number of carbonyl (C=O) groups excluding carboxylic acids is 1. The number of aryl methyl sites for hydroxylation is 1. The van der Waals surface area contributed by atoms with Crippen LogP contribution >= 0.6 is 11.8 Å². The van der Waals surface area contributed by atoms with Crippen LogP contribution in [0.15, 0.2) is 63.1 Å². The lowest BCUT2D eigenvalue weighted by Crippen LogP contribution is -2.15. The largest absolute Gasteiger partial charge is 0.411 e. The molecule has 1 aromatic heterocycles. The summed E-state index contributed by atoms with van der Waals surface area (Å²) in [7, 11) is -3.76. The number of rotatable bonds is 6. The van der Waals surface area contributed by atoms with Crippen LogP contribution in [0.5, 0.6) is 0 Å². The second-order valence-corrected chi connectivity index (χ2v) is 8.08. The molecule has 0 aliphatic heterocycles. The molecule has 3 aromatic rings. The number of primary sulfonamides is 1. The number of thioether (sulfide) groups is 1. The van der Waals surface area contributed by atoms with Crippen molar-refractivity contribution in [2.24, 2.45) is 5.14 Å². The Balaban J connectivity index is 1.58. The third kappa shape index (κ3) is 4.94. The number of nitrogens with zero attached hydrogens (tertiary/aromatic N) is 2. The summed E-state index contributed by atoms with van der Waals surface area (Å²) in [5.41, 5.74) is 2.31. The Hall–Kier alpha value is -2.69. The maximum atomic E-state index is 12.0. The summed E-state index contributed by atoms with van der Waals surface area (Å²) in [6.07, 6.45) is 0. The van der Waals surface area contributed by atoms with Crippen LogP contribution in [0.4, 0.5) is 5.69 Å². The van der Waals surface area contributed by atoms with E-state index in [1.54, 1.807) is 0 Å². The van der Waals surface area contributed by atoms with Gasteiger partial charge >= 0.3 is 0 Å². The third-order valence-electron chi connectivity index (χ3n) is 3.58. The smallest absolute Gasteiger partial charge is 0.277 e. The zero-order valence-electron chi connectivity index (χ0n) is 14.2. The van der Waals surface area contributed by atoms with E-state index >= 15 is 0 Å². The Morgan fingerprint density at radius 3 is 2.52 bits per heavy atom. The van der Waals surface area contributed by atoms with E-state index in [0.29, 0.717) is 11.6 Å². The summed E-state index contributed by atoms with van der Waals surface area (Å²) in [6, 6.07) is 13.2. The van der Waals surface area contributed by atoms with Crippen molar-refractivity contribution in [1.29, 1.82) is 0 Å². The van der Waals surface area contributed by atoms with Crippen molar-refractivity contribution in [1.82, 2.24) is 10.2 Å². The molecule has 0 saturated heterocycles. The van der Waals surface area contributed by atoms with E-state index in [-0.39, 0.29) is 21.8 Å².